The number of rotatable bonds is 6. The number of nitrogens with one attached hydrogen (secondary N) is 1. The first-order valence-electron chi connectivity index (χ1n) is 9.73. The van der Waals surface area contributed by atoms with Gasteiger partial charge in [0.1, 0.15) is 0 Å². The quantitative estimate of drug-likeness (QED) is 0.474. The van der Waals surface area contributed by atoms with Gasteiger partial charge in [-0.15, -0.1) is 0 Å². The first-order valence-corrected chi connectivity index (χ1v) is 9.73. The summed E-state index contributed by atoms with van der Waals surface area (Å²) in [7, 11) is 0. The molecule has 28 heavy (non-hydrogen) atoms. The van der Waals surface area contributed by atoms with Gasteiger partial charge in [0.05, 0.1) is 11.2 Å². The van der Waals surface area contributed by atoms with Crippen molar-refractivity contribution in [1.82, 2.24) is 4.68 Å². The van der Waals surface area contributed by atoms with Crippen molar-refractivity contribution < 1.29 is 4.79 Å². The number of hydrogen-bond donors (Lipinski definition) is 1. The highest BCUT2D eigenvalue weighted by molar-refractivity contribution is 5.95. The molecule has 0 aliphatic heterocycles. The van der Waals surface area contributed by atoms with Gasteiger partial charge >= 0.3 is 0 Å². The van der Waals surface area contributed by atoms with Crippen molar-refractivity contribution in [2.45, 2.75) is 26.2 Å². The number of nitrogens with zero attached hydrogens (tertiary/aromatic N) is 1. The Morgan fingerprint density at radius 3 is 2.18 bits per heavy atom. The smallest absolute Gasteiger partial charge is 0.235 e. The maximum Gasteiger partial charge on any atom is 0.235 e. The highest BCUT2D eigenvalue weighted by Gasteiger charge is 2.18. The van der Waals surface area contributed by atoms with Crippen molar-refractivity contribution in [2.24, 2.45) is 0 Å². The Morgan fingerprint density at radius 1 is 0.821 bits per heavy atom. The van der Waals surface area contributed by atoms with Crippen LogP contribution in [0.3, 0.4) is 0 Å². The van der Waals surface area contributed by atoms with Crippen LogP contribution in [0.2, 0.25) is 0 Å². The molecule has 140 valence electrons. The summed E-state index contributed by atoms with van der Waals surface area (Å²) in [6, 6.07) is 29.2. The van der Waals surface area contributed by atoms with Crippen molar-refractivity contribution in [1.29, 1.82) is 0 Å². The lowest BCUT2D eigenvalue weighted by atomic mass is 9.99. The van der Waals surface area contributed by atoms with Crippen molar-refractivity contribution in [3.63, 3.8) is 0 Å². The molecule has 0 aliphatic carbocycles. The molecule has 0 radical (unpaired) electrons. The summed E-state index contributed by atoms with van der Waals surface area (Å²) in [6.07, 6.45) is 3.04. The van der Waals surface area contributed by atoms with Gasteiger partial charge < -0.3 is 0 Å². The molecule has 1 amide bonds. The molecule has 3 nitrogen and oxygen atoms in total. The van der Waals surface area contributed by atoms with Gasteiger partial charge in [-0.05, 0) is 36.5 Å². The Balaban J connectivity index is 1.78. The number of benzene rings is 3. The van der Waals surface area contributed by atoms with E-state index in [0.29, 0.717) is 0 Å². The zero-order chi connectivity index (χ0) is 19.3. The number of aromatic nitrogens is 1. The zero-order valence-corrected chi connectivity index (χ0v) is 16.1. The average Bonchev–Trinajstić information content (AvgIpc) is 3.02. The Labute approximate surface area is 165 Å². The average molecular weight is 368 g/mol. The third-order valence-corrected chi connectivity index (χ3v) is 5.03. The van der Waals surface area contributed by atoms with E-state index >= 15 is 0 Å². The highest BCUT2D eigenvalue weighted by Crippen LogP contribution is 2.34. The second-order valence-corrected chi connectivity index (χ2v) is 7.05. The largest absolute Gasteiger partial charge is 0.274 e. The van der Waals surface area contributed by atoms with E-state index in [-0.39, 0.29) is 5.91 Å². The topological polar surface area (TPSA) is 34.0 Å². The number of aryl methyl sites for hydroxylation is 2. The maximum absolute atomic E-state index is 11.9. The van der Waals surface area contributed by atoms with Crippen LogP contribution in [0.4, 0.5) is 0 Å². The monoisotopic (exact) mass is 368 g/mol. The Kier molecular flexibility index (Phi) is 5.24. The second-order valence-electron chi connectivity index (χ2n) is 7.05. The lowest BCUT2D eigenvalue weighted by Gasteiger charge is -2.13. The van der Waals surface area contributed by atoms with Gasteiger partial charge in [-0.1, -0.05) is 78.9 Å². The van der Waals surface area contributed by atoms with Crippen LogP contribution in [0, 0.1) is 0 Å². The molecule has 4 rings (SSSR count). The fraction of sp³-hybridized carbons (Fsp3) is 0.160. The Hall–Kier alpha value is -3.33. The minimum Gasteiger partial charge on any atom is -0.274 e. The van der Waals surface area contributed by atoms with Crippen molar-refractivity contribution in [3.05, 3.63) is 96.1 Å². The molecule has 1 aromatic heterocycles. The van der Waals surface area contributed by atoms with Crippen molar-refractivity contribution in [2.75, 3.05) is 5.43 Å². The van der Waals surface area contributed by atoms with Gasteiger partial charge in [0.2, 0.25) is 5.91 Å². The van der Waals surface area contributed by atoms with E-state index in [1.54, 1.807) is 6.92 Å². The van der Waals surface area contributed by atoms with Gasteiger partial charge in [0, 0.05) is 17.9 Å². The van der Waals surface area contributed by atoms with Crippen LogP contribution in [-0.2, 0) is 17.6 Å². The maximum atomic E-state index is 11.9. The van der Waals surface area contributed by atoms with Crippen LogP contribution in [0.15, 0.2) is 84.9 Å². The van der Waals surface area contributed by atoms with E-state index < -0.39 is 0 Å². The summed E-state index contributed by atoms with van der Waals surface area (Å²) < 4.78 is 1.95. The fourth-order valence-corrected chi connectivity index (χ4v) is 3.85. The first-order chi connectivity index (χ1) is 13.7. The molecular formula is C25H24N2O. The molecule has 0 fully saturated rings. The van der Waals surface area contributed by atoms with Gasteiger partial charge in [-0.3, -0.25) is 14.9 Å². The standard InChI is InChI=1S/C25H24N2O/c1-19(28)26-27-24-18-9-8-16-22(24)23(25(27)21-14-6-3-7-15-21)17-10-13-20-11-4-2-5-12-20/h2-9,11-12,14-16,18H,10,13,17H2,1H3,(H,26,28). The van der Waals surface area contributed by atoms with Crippen LogP contribution in [0.5, 0.6) is 0 Å². The minimum absolute atomic E-state index is 0.0752. The minimum atomic E-state index is -0.0752. The molecule has 0 saturated heterocycles. The van der Waals surface area contributed by atoms with E-state index in [1.807, 2.05) is 28.9 Å². The highest BCUT2D eigenvalue weighted by atomic mass is 16.2. The van der Waals surface area contributed by atoms with Crippen molar-refractivity contribution >= 4 is 16.8 Å². The summed E-state index contributed by atoms with van der Waals surface area (Å²) in [5, 5.41) is 1.20. The Bertz CT molecular complexity index is 1080. The van der Waals surface area contributed by atoms with E-state index in [9.17, 15) is 4.79 Å². The van der Waals surface area contributed by atoms with Gasteiger partial charge in [0.25, 0.3) is 0 Å². The summed E-state index contributed by atoms with van der Waals surface area (Å²) in [5.41, 5.74) is 8.88. The second kappa shape index (κ2) is 8.13. The summed E-state index contributed by atoms with van der Waals surface area (Å²) >= 11 is 0. The fourth-order valence-electron chi connectivity index (χ4n) is 3.85. The molecule has 1 heterocycles. The van der Waals surface area contributed by atoms with E-state index in [4.69, 9.17) is 0 Å². The predicted molar refractivity (Wildman–Crippen MR) is 116 cm³/mol. The van der Waals surface area contributed by atoms with Gasteiger partial charge in [-0.2, -0.15) is 0 Å². The molecule has 4 aromatic rings. The number of fused-ring (bicyclic) bond motifs is 1. The van der Waals surface area contributed by atoms with E-state index in [0.717, 1.165) is 36.0 Å². The molecule has 0 atom stereocenters. The van der Waals surface area contributed by atoms with E-state index in [1.165, 1.54) is 16.5 Å². The lowest BCUT2D eigenvalue weighted by Crippen LogP contribution is -2.20. The molecular weight excluding hydrogens is 344 g/mol. The predicted octanol–water partition coefficient (Wildman–Crippen LogP) is 5.57. The molecule has 0 unspecified atom stereocenters. The number of carbonyl (C=O) groups excluding carboxylic acids is 1. The van der Waals surface area contributed by atoms with Crippen LogP contribution in [-0.4, -0.2) is 10.6 Å². The zero-order valence-electron chi connectivity index (χ0n) is 16.1. The van der Waals surface area contributed by atoms with Crippen LogP contribution in [0.25, 0.3) is 22.2 Å². The molecule has 3 heteroatoms. The van der Waals surface area contributed by atoms with Crippen LogP contribution in [0.1, 0.15) is 24.5 Å². The molecule has 0 aliphatic rings. The number of amides is 1. The summed E-state index contributed by atoms with van der Waals surface area (Å²) in [4.78, 5) is 11.9. The number of carbonyl (C=O) groups is 1. The van der Waals surface area contributed by atoms with E-state index in [2.05, 4.69) is 66.1 Å². The Morgan fingerprint density at radius 2 is 1.46 bits per heavy atom. The van der Waals surface area contributed by atoms with Crippen molar-refractivity contribution in [3.8, 4) is 11.3 Å². The molecule has 3 aromatic carbocycles. The lowest BCUT2D eigenvalue weighted by molar-refractivity contribution is -0.115. The molecule has 0 spiro atoms. The first kappa shape index (κ1) is 18.1. The number of hydrogen-bond acceptors (Lipinski definition) is 1. The third kappa shape index (κ3) is 3.70. The van der Waals surface area contributed by atoms with Crippen LogP contribution < -0.4 is 5.43 Å². The van der Waals surface area contributed by atoms with Gasteiger partial charge in [0.15, 0.2) is 0 Å². The number of para-hydroxylation sites is 1. The SMILES string of the molecule is CC(=O)Nn1c(-c2ccccc2)c(CCCc2ccccc2)c2ccccc21. The molecule has 1 N–H and O–H groups in total. The normalized spacial score (nSPS) is 10.9. The van der Waals surface area contributed by atoms with Gasteiger partial charge in [-0.25, -0.2) is 0 Å². The third-order valence-electron chi connectivity index (χ3n) is 5.03. The summed E-state index contributed by atoms with van der Waals surface area (Å²) in [6.45, 7) is 1.55. The van der Waals surface area contributed by atoms with Crippen LogP contribution >= 0.6 is 0 Å². The summed E-state index contributed by atoms with van der Waals surface area (Å²) in [5.74, 6) is -0.0752. The molecule has 0 bridgehead atoms. The molecule has 0 saturated carbocycles.